The molecule has 1 aliphatic rings. The van der Waals surface area contributed by atoms with Crippen LogP contribution in [0, 0.1) is 0 Å². The van der Waals surface area contributed by atoms with Crippen LogP contribution in [0.2, 0.25) is 0 Å². The number of hydrogen-bond acceptors (Lipinski definition) is 2. The van der Waals surface area contributed by atoms with E-state index in [-0.39, 0.29) is 5.56 Å². The van der Waals surface area contributed by atoms with Gasteiger partial charge in [0.15, 0.2) is 11.6 Å². The minimum Gasteiger partial charge on any atom is -0.289 e. The van der Waals surface area contributed by atoms with Crippen LogP contribution < -0.4 is 0 Å². The van der Waals surface area contributed by atoms with Gasteiger partial charge in [0.2, 0.25) is 0 Å². The molecule has 1 aromatic rings. The lowest BCUT2D eigenvalue weighted by atomic mass is 9.80. The fourth-order valence-electron chi connectivity index (χ4n) is 2.21. The molecule has 0 unspecified atom stereocenters. The topological polar surface area (TPSA) is 34.1 Å². The number of rotatable bonds is 2. The van der Waals surface area contributed by atoms with Gasteiger partial charge in [0, 0.05) is 16.7 Å². The zero-order valence-electron chi connectivity index (χ0n) is 11.3. The molecule has 0 radical (unpaired) electrons. The van der Waals surface area contributed by atoms with Crippen molar-refractivity contribution in [1.82, 2.24) is 0 Å². The van der Waals surface area contributed by atoms with E-state index in [1.165, 1.54) is 12.1 Å². The Morgan fingerprint density at radius 3 is 1.65 bits per heavy atom. The van der Waals surface area contributed by atoms with E-state index in [1.807, 2.05) is 0 Å². The van der Waals surface area contributed by atoms with Gasteiger partial charge in [0.25, 0.3) is 0 Å². The smallest absolute Gasteiger partial charge is 0.289 e. The summed E-state index contributed by atoms with van der Waals surface area (Å²) in [6.45, 7) is 0.617. The van der Waals surface area contributed by atoms with Crippen LogP contribution in [-0.4, -0.2) is 29.6 Å². The molecular weight excluding hydrogens is 333 g/mol. The Balaban J connectivity index is 2.71. The Morgan fingerprint density at radius 1 is 0.783 bits per heavy atom. The number of alkyl halides is 7. The zero-order chi connectivity index (χ0) is 17.8. The lowest BCUT2D eigenvalue weighted by molar-refractivity contribution is -0.343. The highest BCUT2D eigenvalue weighted by Gasteiger charge is 2.75. The minimum absolute atomic E-state index is 0.329. The largest absolute Gasteiger partial charge is 0.460 e. The molecule has 124 valence electrons. The number of carbonyl (C=O) groups is 2. The molecule has 9 heteroatoms. The lowest BCUT2D eigenvalue weighted by Crippen LogP contribution is -2.55. The Kier molecular flexibility index (Phi) is 3.66. The van der Waals surface area contributed by atoms with Gasteiger partial charge in [-0.2, -0.15) is 30.7 Å². The normalized spacial score (nSPS) is 16.7. The van der Waals surface area contributed by atoms with Gasteiger partial charge in [-0.1, -0.05) is 24.3 Å². The third-order valence-corrected chi connectivity index (χ3v) is 3.42. The molecule has 1 aromatic carbocycles. The first-order valence-electron chi connectivity index (χ1n) is 6.06. The van der Waals surface area contributed by atoms with Gasteiger partial charge in [-0.15, -0.1) is 0 Å². The molecule has 2 nitrogen and oxygen atoms in total. The van der Waals surface area contributed by atoms with Crippen LogP contribution in [0.1, 0.15) is 27.6 Å². The van der Waals surface area contributed by atoms with Crippen molar-refractivity contribution in [2.75, 3.05) is 0 Å². The molecule has 1 aliphatic carbocycles. The van der Waals surface area contributed by atoms with Crippen LogP contribution in [-0.2, 0) is 0 Å². The monoisotopic (exact) mass is 340 g/mol. The van der Waals surface area contributed by atoms with E-state index in [9.17, 15) is 40.3 Å². The molecule has 0 atom stereocenters. The average molecular weight is 340 g/mol. The van der Waals surface area contributed by atoms with Crippen LogP contribution in [0.15, 0.2) is 35.4 Å². The van der Waals surface area contributed by atoms with Crippen molar-refractivity contribution in [1.29, 1.82) is 0 Å². The molecular formula is C14H7F7O2. The zero-order valence-corrected chi connectivity index (χ0v) is 11.3. The summed E-state index contributed by atoms with van der Waals surface area (Å²) in [6, 6.07) is 4.47. The van der Waals surface area contributed by atoms with Gasteiger partial charge < -0.3 is 0 Å². The van der Waals surface area contributed by atoms with Crippen LogP contribution in [0.3, 0.4) is 0 Å². The van der Waals surface area contributed by atoms with Gasteiger partial charge in [0.1, 0.15) is 0 Å². The summed E-state index contributed by atoms with van der Waals surface area (Å²) in [4.78, 5) is 23.9. The molecule has 0 aliphatic heterocycles. The Labute approximate surface area is 124 Å². The maximum atomic E-state index is 13.9. The summed E-state index contributed by atoms with van der Waals surface area (Å²) in [6.07, 6.45) is -6.59. The fraction of sp³-hybridized carbons (Fsp3) is 0.286. The second kappa shape index (κ2) is 4.90. The van der Waals surface area contributed by atoms with Gasteiger partial charge in [-0.25, -0.2) is 0 Å². The Hall–Kier alpha value is -2.19. The van der Waals surface area contributed by atoms with Crippen molar-refractivity contribution in [3.05, 3.63) is 46.5 Å². The summed E-state index contributed by atoms with van der Waals surface area (Å²) in [7, 11) is 0. The molecule has 0 bridgehead atoms. The minimum atomic E-state index is -6.59. The van der Waals surface area contributed by atoms with E-state index in [0.717, 1.165) is 12.1 Å². The number of ketones is 2. The quantitative estimate of drug-likeness (QED) is 0.756. The van der Waals surface area contributed by atoms with Crippen molar-refractivity contribution in [3.63, 3.8) is 0 Å². The van der Waals surface area contributed by atoms with E-state index in [4.69, 9.17) is 0 Å². The van der Waals surface area contributed by atoms with Crippen molar-refractivity contribution in [2.45, 2.75) is 24.9 Å². The van der Waals surface area contributed by atoms with Gasteiger partial charge in [-0.3, -0.25) is 9.59 Å². The van der Waals surface area contributed by atoms with Crippen molar-refractivity contribution in [2.24, 2.45) is 0 Å². The number of fused-ring (bicyclic) bond motifs is 1. The number of benzene rings is 1. The van der Waals surface area contributed by atoms with Gasteiger partial charge in [0.05, 0.1) is 5.57 Å². The standard InChI is InChI=1S/C14H7F7O2/c1-6-9(12(15,16)13(17,18)14(19,20)21)11(23)8-5-3-2-4-7(8)10(6)22/h2-5H,1H3. The van der Waals surface area contributed by atoms with Gasteiger partial charge >= 0.3 is 18.0 Å². The highest BCUT2D eigenvalue weighted by Crippen LogP contribution is 2.52. The predicted octanol–water partition coefficient (Wildman–Crippen LogP) is 4.22. The summed E-state index contributed by atoms with van der Waals surface area (Å²) in [5, 5.41) is 0. The Bertz CT molecular complexity index is 729. The summed E-state index contributed by atoms with van der Waals surface area (Å²) < 4.78 is 90.9. The highest BCUT2D eigenvalue weighted by atomic mass is 19.4. The Morgan fingerprint density at radius 2 is 1.22 bits per heavy atom. The second-order valence-corrected chi connectivity index (χ2v) is 4.85. The molecule has 0 heterocycles. The number of hydrogen-bond donors (Lipinski definition) is 0. The molecule has 0 N–H and O–H groups in total. The first-order chi connectivity index (χ1) is 10.3. The first kappa shape index (κ1) is 17.2. The van der Waals surface area contributed by atoms with E-state index in [2.05, 4.69) is 0 Å². The molecule has 0 amide bonds. The SMILES string of the molecule is CC1=C(C(F)(F)C(F)(F)C(F)(F)F)C(=O)c2ccccc2C1=O. The van der Waals surface area contributed by atoms with E-state index in [1.54, 1.807) is 0 Å². The molecule has 0 spiro atoms. The molecule has 0 saturated heterocycles. The summed E-state index contributed by atoms with van der Waals surface area (Å²) in [5.41, 5.74) is -4.24. The van der Waals surface area contributed by atoms with Crippen LogP contribution in [0.4, 0.5) is 30.7 Å². The van der Waals surface area contributed by atoms with E-state index >= 15 is 0 Å². The third-order valence-electron chi connectivity index (χ3n) is 3.42. The van der Waals surface area contributed by atoms with E-state index in [0.29, 0.717) is 6.92 Å². The fourth-order valence-corrected chi connectivity index (χ4v) is 2.21. The maximum Gasteiger partial charge on any atom is 0.460 e. The van der Waals surface area contributed by atoms with Crippen molar-refractivity contribution in [3.8, 4) is 0 Å². The number of allylic oxidation sites excluding steroid dienone is 2. The average Bonchev–Trinajstić information content (AvgIpc) is 2.43. The number of halogens is 7. The summed E-state index contributed by atoms with van der Waals surface area (Å²) in [5.74, 6) is -15.3. The van der Waals surface area contributed by atoms with Crippen molar-refractivity contribution >= 4 is 11.6 Å². The molecule has 0 saturated carbocycles. The molecule has 0 aromatic heterocycles. The van der Waals surface area contributed by atoms with Gasteiger partial charge in [-0.05, 0) is 6.92 Å². The highest BCUT2D eigenvalue weighted by molar-refractivity contribution is 6.27. The molecule has 0 fully saturated rings. The molecule has 23 heavy (non-hydrogen) atoms. The third kappa shape index (κ3) is 2.25. The van der Waals surface area contributed by atoms with Crippen LogP contribution in [0.5, 0.6) is 0 Å². The summed E-state index contributed by atoms with van der Waals surface area (Å²) >= 11 is 0. The van der Waals surface area contributed by atoms with Crippen LogP contribution >= 0.6 is 0 Å². The first-order valence-corrected chi connectivity index (χ1v) is 6.06. The number of Topliss-reactive ketones (excluding diaryl/α,β-unsaturated/α-hetero) is 2. The van der Waals surface area contributed by atoms with Crippen LogP contribution in [0.25, 0.3) is 0 Å². The predicted molar refractivity (Wildman–Crippen MR) is 63.8 cm³/mol. The second-order valence-electron chi connectivity index (χ2n) is 4.85. The molecule has 2 rings (SSSR count). The van der Waals surface area contributed by atoms with E-state index < -0.39 is 46.3 Å². The number of carbonyl (C=O) groups excluding carboxylic acids is 2. The lowest BCUT2D eigenvalue weighted by Gasteiger charge is -2.32. The van der Waals surface area contributed by atoms with Crippen molar-refractivity contribution < 1.29 is 40.3 Å². The maximum absolute atomic E-state index is 13.9.